The predicted octanol–water partition coefficient (Wildman–Crippen LogP) is 1.40. The van der Waals surface area contributed by atoms with Gasteiger partial charge in [-0.25, -0.2) is 9.37 Å². The minimum atomic E-state index is -0.873. The van der Waals surface area contributed by atoms with Gasteiger partial charge in [-0.15, -0.1) is 5.10 Å². The molecule has 0 bridgehead atoms. The Hall–Kier alpha value is -5.64. The Kier molecular flexibility index (Phi) is 9.37. The number of hydrogen-bond donors (Lipinski definition) is 3. The molecule has 1 fully saturated rings. The number of rotatable bonds is 9. The number of piperazine rings is 1. The molecule has 240 valence electrons. The molecule has 0 saturated carbocycles. The quantitative estimate of drug-likeness (QED) is 0.0617. The van der Waals surface area contributed by atoms with Gasteiger partial charge >= 0.3 is 0 Å². The van der Waals surface area contributed by atoms with Crippen molar-refractivity contribution in [3.8, 4) is 11.4 Å². The Bertz CT molecular complexity index is 1780. The molecule has 5 rings (SSSR count). The summed E-state index contributed by atoms with van der Waals surface area (Å²) < 4.78 is 15.2. The number of anilines is 1. The maximum Gasteiger partial charge on any atom is 0.295 e. The number of carbonyl (C=O) groups excluding carboxylic acids is 3. The van der Waals surface area contributed by atoms with Gasteiger partial charge in [0.1, 0.15) is 17.1 Å². The fourth-order valence-electron chi connectivity index (χ4n) is 5.16. The largest absolute Gasteiger partial charge is 0.359 e. The zero-order chi connectivity index (χ0) is 33.0. The summed E-state index contributed by atoms with van der Waals surface area (Å²) in [7, 11) is 5.51. The Labute approximate surface area is 264 Å². The predicted molar refractivity (Wildman–Crippen MR) is 172 cm³/mol. The van der Waals surface area contributed by atoms with Crippen molar-refractivity contribution in [1.29, 1.82) is 0 Å². The van der Waals surface area contributed by atoms with Crippen LogP contribution in [-0.2, 0) is 4.79 Å². The number of nitrogens with two attached hydrogens (primary N) is 1. The number of fused-ring (bicyclic) bond motifs is 1. The van der Waals surface area contributed by atoms with Crippen LogP contribution in [0.25, 0.3) is 22.3 Å². The zero-order valence-electron chi connectivity index (χ0n) is 25.8. The first kappa shape index (κ1) is 31.8. The van der Waals surface area contributed by atoms with Gasteiger partial charge in [-0.2, -0.15) is 15.2 Å². The number of guanidine groups is 1. The van der Waals surface area contributed by atoms with Crippen LogP contribution in [-0.4, -0.2) is 130 Å². The molecule has 0 unspecified atom stereocenters. The highest BCUT2D eigenvalue weighted by molar-refractivity contribution is 6.45. The maximum atomic E-state index is 15.2. The van der Waals surface area contributed by atoms with E-state index in [1.165, 1.54) is 22.2 Å². The third-order valence-electron chi connectivity index (χ3n) is 7.68. The van der Waals surface area contributed by atoms with Crippen LogP contribution in [0.2, 0.25) is 0 Å². The molecule has 1 aliphatic heterocycles. The van der Waals surface area contributed by atoms with E-state index in [1.54, 1.807) is 11.9 Å². The molecular weight excluding hydrogens is 595 g/mol. The van der Waals surface area contributed by atoms with Gasteiger partial charge in [-0.1, -0.05) is 18.2 Å². The number of halogens is 1. The summed E-state index contributed by atoms with van der Waals surface area (Å²) in [5.41, 5.74) is 1.47. The minimum absolute atomic E-state index is 0.0888. The number of aromatic amines is 2. The number of Topliss-reactive ketones (excluding diaryl/α,β-unsaturated/α-hetero) is 1. The molecule has 0 atom stereocenters. The molecule has 4 N–H and O–H groups in total. The van der Waals surface area contributed by atoms with Crippen LogP contribution in [0.3, 0.4) is 0 Å². The molecule has 0 radical (unpaired) electrons. The fraction of sp³-hybridized carbons (Fsp3) is 0.300. The molecule has 15 nitrogen and oxygen atoms in total. The van der Waals surface area contributed by atoms with Crippen LogP contribution in [0.15, 0.2) is 59.0 Å². The van der Waals surface area contributed by atoms with Crippen LogP contribution >= 0.6 is 0 Å². The van der Waals surface area contributed by atoms with Gasteiger partial charge in [0.25, 0.3) is 17.6 Å². The lowest BCUT2D eigenvalue weighted by molar-refractivity contribution is -0.127. The molecule has 0 aliphatic carbocycles. The molecule has 1 aliphatic rings. The molecular formula is C30H35FN12O3. The van der Waals surface area contributed by atoms with Gasteiger partial charge in [0.15, 0.2) is 5.82 Å². The van der Waals surface area contributed by atoms with E-state index < -0.39 is 17.5 Å². The number of para-hydroxylation sites is 1. The van der Waals surface area contributed by atoms with Crippen molar-refractivity contribution in [2.45, 2.75) is 0 Å². The lowest BCUT2D eigenvalue weighted by Crippen LogP contribution is -2.55. The Morgan fingerprint density at radius 3 is 2.41 bits per heavy atom. The second-order valence-corrected chi connectivity index (χ2v) is 10.9. The van der Waals surface area contributed by atoms with E-state index in [0.29, 0.717) is 37.8 Å². The third kappa shape index (κ3) is 6.28. The fourth-order valence-corrected chi connectivity index (χ4v) is 5.16. The van der Waals surface area contributed by atoms with Gasteiger partial charge < -0.3 is 30.4 Å². The number of amides is 2. The first-order valence-corrected chi connectivity index (χ1v) is 14.4. The monoisotopic (exact) mass is 630 g/mol. The van der Waals surface area contributed by atoms with E-state index >= 15 is 4.39 Å². The number of hydrogen-bond acceptors (Lipinski definition) is 9. The first-order chi connectivity index (χ1) is 22.1. The lowest BCUT2D eigenvalue weighted by atomic mass is 10.1. The van der Waals surface area contributed by atoms with E-state index in [0.717, 1.165) is 6.20 Å². The van der Waals surface area contributed by atoms with E-state index in [2.05, 4.69) is 37.1 Å². The molecule has 3 aromatic heterocycles. The molecule has 1 saturated heterocycles. The standard InChI is InChI=1S/C30H35FN12O3/c1-33-43(19-8-6-5-7-9-19)30(36-32)42-14-12-41(13-15-42)29(46)27(44)20-17-34-26-24(20)21(31)18-35-25(26)22-16-23(38-37-22)28(45)40(4)11-10-39(2)3/h5-9,16-18,34H,1,10-15,32H2,2-4H3,(H,37,38)/b36-30-. The Morgan fingerprint density at radius 1 is 1.07 bits per heavy atom. The average molecular weight is 631 g/mol. The summed E-state index contributed by atoms with van der Waals surface area (Å²) >= 11 is 0. The number of hydrazone groups is 2. The number of benzene rings is 1. The normalized spacial score (nSPS) is 13.7. The highest BCUT2D eigenvalue weighted by Gasteiger charge is 2.32. The van der Waals surface area contributed by atoms with Gasteiger partial charge in [-0.05, 0) is 32.3 Å². The molecule has 1 aromatic carbocycles. The topological polar surface area (TPSA) is 176 Å². The number of carbonyl (C=O) groups is 3. The molecule has 2 amide bonds. The lowest BCUT2D eigenvalue weighted by Gasteiger charge is -2.37. The Morgan fingerprint density at radius 2 is 1.76 bits per heavy atom. The Balaban J connectivity index is 1.31. The van der Waals surface area contributed by atoms with Gasteiger partial charge in [0.05, 0.1) is 28.4 Å². The number of ketones is 1. The van der Waals surface area contributed by atoms with Crippen LogP contribution in [0.4, 0.5) is 10.1 Å². The van der Waals surface area contributed by atoms with Crippen molar-refractivity contribution in [2.75, 3.05) is 65.4 Å². The van der Waals surface area contributed by atoms with E-state index in [1.807, 2.05) is 54.2 Å². The number of aromatic nitrogens is 4. The molecule has 4 heterocycles. The van der Waals surface area contributed by atoms with Crippen molar-refractivity contribution < 1.29 is 18.8 Å². The molecule has 46 heavy (non-hydrogen) atoms. The number of likely N-dealkylation sites (N-methyl/N-ethyl adjacent to an activating group) is 2. The smallest absolute Gasteiger partial charge is 0.295 e. The number of pyridine rings is 1. The van der Waals surface area contributed by atoms with Crippen molar-refractivity contribution in [3.63, 3.8) is 0 Å². The van der Waals surface area contributed by atoms with Crippen LogP contribution in [0.5, 0.6) is 0 Å². The van der Waals surface area contributed by atoms with Crippen molar-refractivity contribution >= 4 is 46.9 Å². The van der Waals surface area contributed by atoms with Crippen molar-refractivity contribution in [1.82, 2.24) is 39.8 Å². The molecule has 16 heteroatoms. The highest BCUT2D eigenvalue weighted by atomic mass is 19.1. The summed E-state index contributed by atoms with van der Waals surface area (Å²) in [6.45, 7) is 5.81. The van der Waals surface area contributed by atoms with Gasteiger partial charge in [0.2, 0.25) is 5.96 Å². The second-order valence-electron chi connectivity index (χ2n) is 10.9. The van der Waals surface area contributed by atoms with Crippen molar-refractivity contribution in [3.05, 3.63) is 65.9 Å². The van der Waals surface area contributed by atoms with Crippen LogP contribution in [0, 0.1) is 5.82 Å². The number of nitrogens with zero attached hydrogens (tertiary/aromatic N) is 9. The minimum Gasteiger partial charge on any atom is -0.359 e. The second kappa shape index (κ2) is 13.6. The van der Waals surface area contributed by atoms with E-state index in [9.17, 15) is 14.4 Å². The summed E-state index contributed by atoms with van der Waals surface area (Å²) in [6.07, 6.45) is 2.25. The van der Waals surface area contributed by atoms with Crippen molar-refractivity contribution in [2.24, 2.45) is 16.0 Å². The molecule has 4 aromatic rings. The summed E-state index contributed by atoms with van der Waals surface area (Å²) in [5, 5.41) is 16.3. The third-order valence-corrected chi connectivity index (χ3v) is 7.68. The maximum absolute atomic E-state index is 15.2. The average Bonchev–Trinajstić information content (AvgIpc) is 3.75. The zero-order valence-corrected chi connectivity index (χ0v) is 25.8. The van der Waals surface area contributed by atoms with Gasteiger partial charge in [-0.3, -0.25) is 19.5 Å². The SMILES string of the molecule is C=NN(/C(=N\N)N1CCN(C(=O)C(=O)c2c[nH]c3c(-c4cc(C(=O)N(C)CCN(C)C)[nH]n4)ncc(F)c23)CC1)c1ccccc1. The summed E-state index contributed by atoms with van der Waals surface area (Å²) in [5.74, 6) is 3.34. The molecule has 0 spiro atoms. The summed E-state index contributed by atoms with van der Waals surface area (Å²) in [6, 6.07) is 10.7. The van der Waals surface area contributed by atoms with Crippen LogP contribution in [0.1, 0.15) is 20.8 Å². The van der Waals surface area contributed by atoms with Crippen LogP contribution < -0.4 is 10.9 Å². The number of H-pyrrole nitrogens is 2. The first-order valence-electron chi connectivity index (χ1n) is 14.4. The highest BCUT2D eigenvalue weighted by Crippen LogP contribution is 2.30. The summed E-state index contributed by atoms with van der Waals surface area (Å²) in [4.78, 5) is 53.5. The van der Waals surface area contributed by atoms with E-state index in [-0.39, 0.29) is 52.5 Å². The number of nitrogens with one attached hydrogen (secondary N) is 2. The van der Waals surface area contributed by atoms with Gasteiger partial charge in [0, 0.05) is 59.2 Å². The van der Waals surface area contributed by atoms with E-state index in [4.69, 9.17) is 5.84 Å².